The summed E-state index contributed by atoms with van der Waals surface area (Å²) in [7, 11) is 0. The molecule has 4 nitrogen and oxygen atoms in total. The van der Waals surface area contributed by atoms with Crippen LogP contribution in [0, 0.1) is 0 Å². The Bertz CT molecular complexity index is 563. The summed E-state index contributed by atoms with van der Waals surface area (Å²) in [6.45, 7) is 3.31. The lowest BCUT2D eigenvalue weighted by Crippen LogP contribution is -2.18. The molecule has 2 aromatic rings. The van der Waals surface area contributed by atoms with E-state index in [0.717, 1.165) is 25.1 Å². The van der Waals surface area contributed by atoms with E-state index in [2.05, 4.69) is 15.4 Å². The van der Waals surface area contributed by atoms with Crippen LogP contribution < -0.4 is 5.32 Å². The Morgan fingerprint density at radius 2 is 2.10 bits per heavy atom. The predicted molar refractivity (Wildman–Crippen MR) is 68.4 cm³/mol. The van der Waals surface area contributed by atoms with Gasteiger partial charge in [-0.3, -0.25) is 0 Å². The Balaban J connectivity index is 2.26. The van der Waals surface area contributed by atoms with Gasteiger partial charge in [0.2, 0.25) is 0 Å². The maximum Gasteiger partial charge on any atom is 0.416 e. The van der Waals surface area contributed by atoms with Gasteiger partial charge in [0.1, 0.15) is 12.2 Å². The molecule has 1 N–H and O–H groups in total. The molecule has 0 bridgehead atoms. The van der Waals surface area contributed by atoms with Crippen molar-refractivity contribution < 1.29 is 13.2 Å². The number of rotatable bonds is 5. The van der Waals surface area contributed by atoms with Gasteiger partial charge in [-0.2, -0.15) is 18.3 Å². The molecule has 0 radical (unpaired) electrons. The highest BCUT2D eigenvalue weighted by Gasteiger charge is 2.30. The van der Waals surface area contributed by atoms with E-state index in [9.17, 15) is 13.2 Å². The fourth-order valence-electron chi connectivity index (χ4n) is 1.79. The number of alkyl halides is 3. The molecule has 20 heavy (non-hydrogen) atoms. The minimum absolute atomic E-state index is 0.352. The summed E-state index contributed by atoms with van der Waals surface area (Å²) in [5.41, 5.74) is -0.344. The zero-order chi connectivity index (χ0) is 14.6. The van der Waals surface area contributed by atoms with Crippen molar-refractivity contribution in [3.8, 4) is 5.69 Å². The van der Waals surface area contributed by atoms with Crippen LogP contribution in [0.1, 0.15) is 24.7 Å². The first-order valence-corrected chi connectivity index (χ1v) is 6.29. The highest BCUT2D eigenvalue weighted by molar-refractivity contribution is 5.36. The Morgan fingerprint density at radius 3 is 2.80 bits per heavy atom. The molecule has 0 aliphatic heterocycles. The van der Waals surface area contributed by atoms with Crippen LogP contribution in [0.15, 0.2) is 30.6 Å². The Kier molecular flexibility index (Phi) is 4.39. The van der Waals surface area contributed by atoms with Gasteiger partial charge in [0, 0.05) is 0 Å². The minimum atomic E-state index is -4.36. The van der Waals surface area contributed by atoms with E-state index >= 15 is 0 Å². The van der Waals surface area contributed by atoms with Crippen molar-refractivity contribution in [2.24, 2.45) is 0 Å². The molecule has 7 heteroatoms. The lowest BCUT2D eigenvalue weighted by molar-refractivity contribution is -0.137. The maximum absolute atomic E-state index is 12.7. The molecule has 1 aromatic carbocycles. The number of nitrogens with one attached hydrogen (secondary N) is 1. The topological polar surface area (TPSA) is 42.7 Å². The monoisotopic (exact) mass is 284 g/mol. The molecule has 0 saturated carbocycles. The minimum Gasteiger partial charge on any atom is -0.310 e. The fourth-order valence-corrected chi connectivity index (χ4v) is 1.79. The van der Waals surface area contributed by atoms with Gasteiger partial charge in [-0.05, 0) is 31.2 Å². The van der Waals surface area contributed by atoms with Crippen LogP contribution in [0.3, 0.4) is 0 Å². The number of halogens is 3. The smallest absolute Gasteiger partial charge is 0.310 e. The van der Waals surface area contributed by atoms with E-state index < -0.39 is 11.7 Å². The van der Waals surface area contributed by atoms with E-state index in [-0.39, 0.29) is 0 Å². The Hall–Kier alpha value is -1.89. The van der Waals surface area contributed by atoms with Crippen LogP contribution in [0.25, 0.3) is 5.69 Å². The highest BCUT2D eigenvalue weighted by Crippen LogP contribution is 2.30. The molecule has 0 aliphatic carbocycles. The first-order chi connectivity index (χ1) is 9.52. The third-order valence-electron chi connectivity index (χ3n) is 2.75. The van der Waals surface area contributed by atoms with Crippen molar-refractivity contribution in [3.63, 3.8) is 0 Å². The van der Waals surface area contributed by atoms with Gasteiger partial charge >= 0.3 is 6.18 Å². The van der Waals surface area contributed by atoms with Crippen LogP contribution in [0.2, 0.25) is 0 Å². The third kappa shape index (κ3) is 3.36. The summed E-state index contributed by atoms with van der Waals surface area (Å²) in [5, 5.41) is 7.13. The van der Waals surface area contributed by atoms with Crippen LogP contribution in [0.5, 0.6) is 0 Å². The molecule has 108 valence electrons. The lowest BCUT2D eigenvalue weighted by atomic mass is 10.2. The Labute approximate surface area is 114 Å². The van der Waals surface area contributed by atoms with Crippen molar-refractivity contribution in [2.75, 3.05) is 6.54 Å². The highest BCUT2D eigenvalue weighted by atomic mass is 19.4. The van der Waals surface area contributed by atoms with Gasteiger partial charge in [-0.15, -0.1) is 0 Å². The van der Waals surface area contributed by atoms with Crippen LogP contribution in [-0.2, 0) is 12.7 Å². The molecule has 0 spiro atoms. The molecule has 0 fully saturated rings. The van der Waals surface area contributed by atoms with Gasteiger partial charge in [-0.25, -0.2) is 9.67 Å². The van der Waals surface area contributed by atoms with Gasteiger partial charge in [0.15, 0.2) is 0 Å². The van der Waals surface area contributed by atoms with E-state index in [1.807, 2.05) is 6.92 Å². The Morgan fingerprint density at radius 1 is 1.30 bits per heavy atom. The average molecular weight is 284 g/mol. The fraction of sp³-hybridized carbons (Fsp3) is 0.385. The van der Waals surface area contributed by atoms with E-state index in [0.29, 0.717) is 18.1 Å². The first kappa shape index (κ1) is 14.5. The molecule has 2 rings (SSSR count). The number of hydrogen-bond acceptors (Lipinski definition) is 3. The van der Waals surface area contributed by atoms with Crippen molar-refractivity contribution in [3.05, 3.63) is 42.0 Å². The van der Waals surface area contributed by atoms with E-state index in [1.54, 1.807) is 6.07 Å². The second-order valence-corrected chi connectivity index (χ2v) is 4.31. The van der Waals surface area contributed by atoms with Gasteiger partial charge in [0.05, 0.1) is 17.8 Å². The standard InChI is InChI=1S/C13H15F3N4/c1-2-6-17-8-12-18-9-19-20(12)11-5-3-4-10(7-11)13(14,15)16/h3-5,7,9,17H,2,6,8H2,1H3. The molecule has 0 atom stereocenters. The molecular formula is C13H15F3N4. The van der Waals surface area contributed by atoms with Crippen molar-refractivity contribution in [1.29, 1.82) is 0 Å². The van der Waals surface area contributed by atoms with Gasteiger partial charge in [-0.1, -0.05) is 13.0 Å². The largest absolute Gasteiger partial charge is 0.416 e. The lowest BCUT2D eigenvalue weighted by Gasteiger charge is -2.10. The summed E-state index contributed by atoms with van der Waals surface area (Å²) in [5.74, 6) is 0.581. The third-order valence-corrected chi connectivity index (χ3v) is 2.75. The first-order valence-electron chi connectivity index (χ1n) is 6.29. The number of hydrogen-bond donors (Lipinski definition) is 1. The van der Waals surface area contributed by atoms with E-state index in [1.165, 1.54) is 17.1 Å². The molecule has 0 saturated heterocycles. The van der Waals surface area contributed by atoms with Crippen molar-refractivity contribution in [1.82, 2.24) is 20.1 Å². The zero-order valence-electron chi connectivity index (χ0n) is 11.0. The van der Waals surface area contributed by atoms with E-state index in [4.69, 9.17) is 0 Å². The molecule has 1 heterocycles. The summed E-state index contributed by atoms with van der Waals surface area (Å²) in [6, 6.07) is 5.05. The molecule has 0 amide bonds. The molecule has 1 aromatic heterocycles. The predicted octanol–water partition coefficient (Wildman–Crippen LogP) is 2.79. The SMILES string of the molecule is CCCNCc1ncnn1-c1cccc(C(F)(F)F)c1. The number of benzene rings is 1. The summed E-state index contributed by atoms with van der Waals surface area (Å²) in [4.78, 5) is 4.06. The van der Waals surface area contributed by atoms with Crippen molar-refractivity contribution in [2.45, 2.75) is 26.1 Å². The van der Waals surface area contributed by atoms with Crippen LogP contribution >= 0.6 is 0 Å². The van der Waals surface area contributed by atoms with Gasteiger partial charge in [0.25, 0.3) is 0 Å². The molecular weight excluding hydrogens is 269 g/mol. The second kappa shape index (κ2) is 6.04. The summed E-state index contributed by atoms with van der Waals surface area (Å²) in [6.07, 6.45) is -2.06. The van der Waals surface area contributed by atoms with Crippen molar-refractivity contribution >= 4 is 0 Å². The summed E-state index contributed by atoms with van der Waals surface area (Å²) < 4.78 is 39.5. The average Bonchev–Trinajstić information content (AvgIpc) is 2.87. The number of aromatic nitrogens is 3. The number of nitrogens with zero attached hydrogens (tertiary/aromatic N) is 3. The molecule has 0 aliphatic rings. The van der Waals surface area contributed by atoms with Crippen LogP contribution in [-0.4, -0.2) is 21.3 Å². The van der Waals surface area contributed by atoms with Gasteiger partial charge < -0.3 is 5.32 Å². The second-order valence-electron chi connectivity index (χ2n) is 4.31. The zero-order valence-corrected chi connectivity index (χ0v) is 11.0. The summed E-state index contributed by atoms with van der Waals surface area (Å²) >= 11 is 0. The quantitative estimate of drug-likeness (QED) is 0.859. The molecule has 0 unspecified atom stereocenters. The maximum atomic E-state index is 12.7. The van der Waals surface area contributed by atoms with Crippen LogP contribution in [0.4, 0.5) is 13.2 Å². The normalized spacial score (nSPS) is 11.8.